The summed E-state index contributed by atoms with van der Waals surface area (Å²) >= 11 is 6.08. The molecule has 0 saturated carbocycles. The van der Waals surface area contributed by atoms with Crippen molar-refractivity contribution >= 4 is 40.1 Å². The van der Waals surface area contributed by atoms with Gasteiger partial charge in [-0.2, -0.15) is 0 Å². The van der Waals surface area contributed by atoms with Gasteiger partial charge in [0, 0.05) is 18.1 Å². The molecule has 0 fully saturated rings. The molecule has 0 aliphatic heterocycles. The Kier molecular flexibility index (Phi) is 5.78. The van der Waals surface area contributed by atoms with Crippen LogP contribution in [0.1, 0.15) is 21.7 Å². The van der Waals surface area contributed by atoms with E-state index < -0.39 is 18.5 Å². The molecular weight excluding hydrogens is 370 g/mol. The zero-order chi connectivity index (χ0) is 19.4. The summed E-state index contributed by atoms with van der Waals surface area (Å²) in [6, 6.07) is 12.5. The number of halogens is 1. The number of rotatable bonds is 6. The normalized spacial score (nSPS) is 10.8. The second kappa shape index (κ2) is 8.24. The molecule has 0 atom stereocenters. The van der Waals surface area contributed by atoms with E-state index in [9.17, 15) is 9.59 Å². The lowest BCUT2D eigenvalue weighted by Gasteiger charge is -2.08. The van der Waals surface area contributed by atoms with Crippen molar-refractivity contribution in [2.75, 3.05) is 19.0 Å². The first-order valence-electron chi connectivity index (χ1n) is 8.22. The first kappa shape index (κ1) is 18.9. The minimum Gasteiger partial charge on any atom is -0.450 e. The maximum Gasteiger partial charge on any atom is 0.375 e. The van der Waals surface area contributed by atoms with Crippen molar-refractivity contribution < 1.29 is 23.5 Å². The van der Waals surface area contributed by atoms with E-state index in [2.05, 4.69) is 5.32 Å². The molecule has 1 heterocycles. The predicted octanol–water partition coefficient (Wildman–Crippen LogP) is 4.34. The third kappa shape index (κ3) is 4.30. The van der Waals surface area contributed by atoms with Crippen molar-refractivity contribution in [1.29, 1.82) is 0 Å². The molecule has 2 aromatic carbocycles. The number of methoxy groups -OCH3 is 1. The molecule has 6 nitrogen and oxygen atoms in total. The number of para-hydroxylation sites is 1. The predicted molar refractivity (Wildman–Crippen MR) is 102 cm³/mol. The molecule has 1 aromatic heterocycles. The Bertz CT molecular complexity index is 995. The average Bonchev–Trinajstić information content (AvgIpc) is 3.01. The van der Waals surface area contributed by atoms with Crippen LogP contribution in [0.3, 0.4) is 0 Å². The van der Waals surface area contributed by atoms with Gasteiger partial charge in [0.05, 0.1) is 17.3 Å². The van der Waals surface area contributed by atoms with Crippen LogP contribution in [0.5, 0.6) is 0 Å². The summed E-state index contributed by atoms with van der Waals surface area (Å²) in [5.41, 5.74) is 2.56. The maximum atomic E-state index is 12.4. The summed E-state index contributed by atoms with van der Waals surface area (Å²) in [5, 5.41) is 3.78. The van der Waals surface area contributed by atoms with Crippen LogP contribution in [-0.2, 0) is 20.9 Å². The number of nitrogens with one attached hydrogen (secondary N) is 1. The van der Waals surface area contributed by atoms with E-state index in [1.165, 1.54) is 7.11 Å². The number of ether oxygens (including phenoxy) is 2. The molecule has 0 saturated heterocycles. The minimum atomic E-state index is -0.733. The molecule has 140 valence electrons. The number of fused-ring (bicyclic) bond motifs is 1. The first-order valence-corrected chi connectivity index (χ1v) is 8.60. The van der Waals surface area contributed by atoms with Crippen LogP contribution < -0.4 is 5.32 Å². The number of anilines is 1. The molecule has 0 radical (unpaired) electrons. The number of hydrogen-bond donors (Lipinski definition) is 1. The van der Waals surface area contributed by atoms with Gasteiger partial charge in [-0.05, 0) is 30.7 Å². The number of esters is 1. The summed E-state index contributed by atoms with van der Waals surface area (Å²) in [5.74, 6) is -1.21. The zero-order valence-electron chi connectivity index (χ0n) is 14.9. The minimum absolute atomic E-state index is 0.0271. The largest absolute Gasteiger partial charge is 0.450 e. The van der Waals surface area contributed by atoms with Crippen molar-refractivity contribution in [3.63, 3.8) is 0 Å². The number of aryl methyl sites for hydroxylation is 1. The highest BCUT2D eigenvalue weighted by Gasteiger charge is 2.22. The lowest BCUT2D eigenvalue weighted by Crippen LogP contribution is -2.21. The van der Waals surface area contributed by atoms with Crippen LogP contribution in [0.4, 0.5) is 5.69 Å². The van der Waals surface area contributed by atoms with Gasteiger partial charge in [-0.25, -0.2) is 4.79 Å². The SMILES string of the molecule is COCc1c(C(=O)OCC(=O)Nc2ccc(C)cc2Cl)oc2ccccc12. The quantitative estimate of drug-likeness (QED) is 0.637. The number of hydrogen-bond acceptors (Lipinski definition) is 5. The van der Waals surface area contributed by atoms with Crippen LogP contribution in [0.2, 0.25) is 5.02 Å². The molecule has 3 aromatic rings. The zero-order valence-corrected chi connectivity index (χ0v) is 15.6. The summed E-state index contributed by atoms with van der Waals surface area (Å²) in [6.07, 6.45) is 0. The third-order valence-corrected chi connectivity index (χ3v) is 4.22. The fraction of sp³-hybridized carbons (Fsp3) is 0.200. The van der Waals surface area contributed by atoms with Gasteiger partial charge in [-0.1, -0.05) is 35.9 Å². The fourth-order valence-corrected chi connectivity index (χ4v) is 2.94. The molecule has 0 spiro atoms. The van der Waals surface area contributed by atoms with Gasteiger partial charge in [0.1, 0.15) is 5.58 Å². The second-order valence-corrected chi connectivity index (χ2v) is 6.35. The van der Waals surface area contributed by atoms with Gasteiger partial charge < -0.3 is 19.2 Å². The van der Waals surface area contributed by atoms with Crippen molar-refractivity contribution in [3.8, 4) is 0 Å². The van der Waals surface area contributed by atoms with Gasteiger partial charge >= 0.3 is 5.97 Å². The highest BCUT2D eigenvalue weighted by Crippen LogP contribution is 2.27. The highest BCUT2D eigenvalue weighted by molar-refractivity contribution is 6.33. The lowest BCUT2D eigenvalue weighted by molar-refractivity contribution is -0.119. The molecule has 27 heavy (non-hydrogen) atoms. The number of amides is 1. The van der Waals surface area contributed by atoms with Crippen molar-refractivity contribution in [2.45, 2.75) is 13.5 Å². The Morgan fingerprint density at radius 1 is 1.19 bits per heavy atom. The van der Waals surface area contributed by atoms with Crippen molar-refractivity contribution in [1.82, 2.24) is 0 Å². The number of carbonyl (C=O) groups excluding carboxylic acids is 2. The molecule has 0 bridgehead atoms. The van der Waals surface area contributed by atoms with Gasteiger partial charge in [-0.3, -0.25) is 4.79 Å². The van der Waals surface area contributed by atoms with Gasteiger partial charge in [0.25, 0.3) is 5.91 Å². The molecule has 0 unspecified atom stereocenters. The van der Waals surface area contributed by atoms with Gasteiger partial charge in [0.15, 0.2) is 6.61 Å². The molecular formula is C20H18ClNO5. The Hall–Kier alpha value is -2.83. The van der Waals surface area contributed by atoms with Gasteiger partial charge in [-0.15, -0.1) is 0 Å². The van der Waals surface area contributed by atoms with Crippen LogP contribution in [0.25, 0.3) is 11.0 Å². The Labute approximate surface area is 161 Å². The second-order valence-electron chi connectivity index (χ2n) is 5.95. The number of furan rings is 1. The van der Waals surface area contributed by atoms with E-state index in [0.29, 0.717) is 21.9 Å². The summed E-state index contributed by atoms with van der Waals surface area (Å²) < 4.78 is 15.8. The monoisotopic (exact) mass is 387 g/mol. The number of carbonyl (C=O) groups is 2. The molecule has 3 rings (SSSR count). The maximum absolute atomic E-state index is 12.4. The Morgan fingerprint density at radius 2 is 1.96 bits per heavy atom. The molecule has 0 aliphatic rings. The van der Waals surface area contributed by atoms with Gasteiger partial charge in [0.2, 0.25) is 5.76 Å². The van der Waals surface area contributed by atoms with E-state index in [0.717, 1.165) is 10.9 Å². The summed E-state index contributed by atoms with van der Waals surface area (Å²) in [6.45, 7) is 1.61. The van der Waals surface area contributed by atoms with Crippen LogP contribution in [-0.4, -0.2) is 25.6 Å². The van der Waals surface area contributed by atoms with Crippen LogP contribution in [0, 0.1) is 6.92 Å². The van der Waals surface area contributed by atoms with E-state index in [1.54, 1.807) is 24.3 Å². The topological polar surface area (TPSA) is 77.8 Å². The standard InChI is InChI=1S/C20H18ClNO5/c1-12-7-8-16(15(21)9-12)22-18(23)11-26-20(24)19-14(10-25-2)13-5-3-4-6-17(13)27-19/h3-9H,10-11H2,1-2H3,(H,22,23). The average molecular weight is 388 g/mol. The lowest BCUT2D eigenvalue weighted by atomic mass is 10.1. The van der Waals surface area contributed by atoms with Crippen molar-refractivity contribution in [3.05, 3.63) is 64.4 Å². The number of benzene rings is 2. The smallest absolute Gasteiger partial charge is 0.375 e. The van der Waals surface area contributed by atoms with E-state index >= 15 is 0 Å². The Morgan fingerprint density at radius 3 is 2.70 bits per heavy atom. The van der Waals surface area contributed by atoms with E-state index in [-0.39, 0.29) is 12.4 Å². The molecule has 0 aliphatic carbocycles. The van der Waals surface area contributed by atoms with Crippen LogP contribution in [0.15, 0.2) is 46.9 Å². The first-order chi connectivity index (χ1) is 13.0. The summed E-state index contributed by atoms with van der Waals surface area (Å²) in [4.78, 5) is 24.5. The van der Waals surface area contributed by atoms with Crippen LogP contribution >= 0.6 is 11.6 Å². The summed E-state index contributed by atoms with van der Waals surface area (Å²) in [7, 11) is 1.52. The molecule has 1 N–H and O–H groups in total. The molecule has 1 amide bonds. The van der Waals surface area contributed by atoms with E-state index in [1.807, 2.05) is 25.1 Å². The third-order valence-electron chi connectivity index (χ3n) is 3.91. The van der Waals surface area contributed by atoms with E-state index in [4.69, 9.17) is 25.5 Å². The highest BCUT2D eigenvalue weighted by atomic mass is 35.5. The molecule has 7 heteroatoms. The van der Waals surface area contributed by atoms with Crippen molar-refractivity contribution in [2.24, 2.45) is 0 Å². The fourth-order valence-electron chi connectivity index (χ4n) is 2.66. The Balaban J connectivity index is 1.69.